The molecule has 0 saturated heterocycles. The highest BCUT2D eigenvalue weighted by Crippen LogP contribution is 2.04. The molecule has 0 saturated carbocycles. The molecular formula is C7H11N3O2. The number of aliphatic imine (C=N–C) groups is 1. The summed E-state index contributed by atoms with van der Waals surface area (Å²) in [6.07, 6.45) is 4.69. The molecule has 1 aliphatic heterocycles. The molecule has 0 aromatic heterocycles. The van der Waals surface area contributed by atoms with Crippen LogP contribution in [0.5, 0.6) is 0 Å². The average molecular weight is 169 g/mol. The average Bonchev–Trinajstić information content (AvgIpc) is 2.05. The number of carbonyl (C=O) groups is 1. The molecule has 0 amide bonds. The fraction of sp³-hybridized carbons (Fsp3) is 0.429. The molecule has 1 unspecified atom stereocenters. The Labute approximate surface area is 70.3 Å². The van der Waals surface area contributed by atoms with Gasteiger partial charge in [-0.25, -0.2) is 0 Å². The summed E-state index contributed by atoms with van der Waals surface area (Å²) in [5, 5.41) is 2.81. The van der Waals surface area contributed by atoms with Crippen molar-refractivity contribution in [3.63, 3.8) is 0 Å². The van der Waals surface area contributed by atoms with E-state index in [1.54, 1.807) is 12.4 Å². The molecule has 66 valence electrons. The maximum absolute atomic E-state index is 10.9. The lowest BCUT2D eigenvalue weighted by atomic mass is 10.1. The number of nitrogens with two attached hydrogens (primary N) is 1. The van der Waals surface area contributed by atoms with Gasteiger partial charge < -0.3 is 15.8 Å². The van der Waals surface area contributed by atoms with Gasteiger partial charge in [0.15, 0.2) is 0 Å². The van der Waals surface area contributed by atoms with Gasteiger partial charge in [0.25, 0.3) is 0 Å². The maximum atomic E-state index is 10.9. The quantitative estimate of drug-likeness (QED) is 0.538. The van der Waals surface area contributed by atoms with E-state index in [9.17, 15) is 4.79 Å². The first kappa shape index (κ1) is 8.73. The molecule has 0 aromatic rings. The van der Waals surface area contributed by atoms with Crippen LogP contribution in [0.4, 0.5) is 0 Å². The minimum atomic E-state index is -0.901. The number of nitrogens with one attached hydrogen (secondary N) is 1. The number of esters is 1. The van der Waals surface area contributed by atoms with Gasteiger partial charge in [0, 0.05) is 18.6 Å². The van der Waals surface area contributed by atoms with Gasteiger partial charge >= 0.3 is 5.97 Å². The zero-order valence-corrected chi connectivity index (χ0v) is 6.78. The molecule has 5 heteroatoms. The zero-order chi connectivity index (χ0) is 9.03. The first-order valence-electron chi connectivity index (χ1n) is 3.49. The van der Waals surface area contributed by atoms with Crippen LogP contribution in [0.3, 0.4) is 0 Å². The molecule has 3 N–H and O–H groups in total. The number of methoxy groups -OCH3 is 1. The lowest BCUT2D eigenvalue weighted by molar-refractivity contribution is -0.141. The number of nitrogens with zero attached hydrogens (tertiary/aromatic N) is 1. The summed E-state index contributed by atoms with van der Waals surface area (Å²) in [4.78, 5) is 14.7. The molecule has 12 heavy (non-hydrogen) atoms. The van der Waals surface area contributed by atoms with Crippen LogP contribution in [-0.2, 0) is 9.53 Å². The SMILES string of the molecule is COC(=O)CC1(N)C=NC=CN1. The summed E-state index contributed by atoms with van der Waals surface area (Å²) in [5.74, 6) is -0.369. The van der Waals surface area contributed by atoms with Crippen molar-refractivity contribution in [2.75, 3.05) is 7.11 Å². The summed E-state index contributed by atoms with van der Waals surface area (Å²) in [6.45, 7) is 0. The van der Waals surface area contributed by atoms with Crippen LogP contribution in [0.15, 0.2) is 17.4 Å². The highest BCUT2D eigenvalue weighted by Gasteiger charge is 2.26. The van der Waals surface area contributed by atoms with Crippen LogP contribution >= 0.6 is 0 Å². The number of rotatable bonds is 2. The highest BCUT2D eigenvalue weighted by atomic mass is 16.5. The van der Waals surface area contributed by atoms with Crippen LogP contribution in [0, 0.1) is 0 Å². The smallest absolute Gasteiger partial charge is 0.309 e. The second-order valence-electron chi connectivity index (χ2n) is 2.53. The standard InChI is InChI=1S/C7H11N3O2/c1-12-6(11)4-7(8)5-9-2-3-10-7/h2-3,5,10H,4,8H2,1H3. The Kier molecular flexibility index (Phi) is 2.44. The van der Waals surface area contributed by atoms with Crippen molar-refractivity contribution in [2.45, 2.75) is 12.1 Å². The highest BCUT2D eigenvalue weighted by molar-refractivity contribution is 5.81. The second-order valence-corrected chi connectivity index (χ2v) is 2.53. The Morgan fingerprint density at radius 1 is 1.83 bits per heavy atom. The third-order valence-electron chi connectivity index (χ3n) is 1.48. The van der Waals surface area contributed by atoms with Crippen molar-refractivity contribution in [2.24, 2.45) is 10.7 Å². The first-order chi connectivity index (χ1) is 5.66. The molecule has 0 radical (unpaired) electrons. The van der Waals surface area contributed by atoms with E-state index in [1.807, 2.05) is 0 Å². The van der Waals surface area contributed by atoms with Crippen LogP contribution in [0.1, 0.15) is 6.42 Å². The number of hydrogen-bond donors (Lipinski definition) is 2. The molecule has 0 aliphatic carbocycles. The van der Waals surface area contributed by atoms with E-state index in [0.717, 1.165) is 0 Å². The zero-order valence-electron chi connectivity index (χ0n) is 6.78. The van der Waals surface area contributed by atoms with Crippen LogP contribution in [0.2, 0.25) is 0 Å². The van der Waals surface area contributed by atoms with Crippen molar-refractivity contribution in [1.29, 1.82) is 0 Å². The van der Waals surface area contributed by atoms with Gasteiger partial charge in [0.2, 0.25) is 0 Å². The molecule has 0 bridgehead atoms. The lowest BCUT2D eigenvalue weighted by Crippen LogP contribution is -2.55. The summed E-state index contributed by atoms with van der Waals surface area (Å²) >= 11 is 0. The van der Waals surface area contributed by atoms with Gasteiger partial charge in [-0.2, -0.15) is 0 Å². The fourth-order valence-electron chi connectivity index (χ4n) is 0.856. The van der Waals surface area contributed by atoms with E-state index >= 15 is 0 Å². The predicted molar refractivity (Wildman–Crippen MR) is 44.3 cm³/mol. The van der Waals surface area contributed by atoms with E-state index in [0.29, 0.717) is 0 Å². The van der Waals surface area contributed by atoms with Crippen LogP contribution < -0.4 is 11.1 Å². The fourth-order valence-corrected chi connectivity index (χ4v) is 0.856. The van der Waals surface area contributed by atoms with E-state index in [1.165, 1.54) is 13.3 Å². The van der Waals surface area contributed by atoms with E-state index in [4.69, 9.17) is 5.73 Å². The Morgan fingerprint density at radius 3 is 3.08 bits per heavy atom. The Morgan fingerprint density at radius 2 is 2.58 bits per heavy atom. The van der Waals surface area contributed by atoms with Crippen LogP contribution in [-0.4, -0.2) is 25.0 Å². The van der Waals surface area contributed by atoms with Crippen molar-refractivity contribution in [3.05, 3.63) is 12.4 Å². The van der Waals surface area contributed by atoms with Crippen molar-refractivity contribution >= 4 is 12.2 Å². The van der Waals surface area contributed by atoms with E-state index in [-0.39, 0.29) is 12.4 Å². The maximum Gasteiger partial charge on any atom is 0.309 e. The van der Waals surface area contributed by atoms with Gasteiger partial charge in [0.05, 0.1) is 13.5 Å². The summed E-state index contributed by atoms with van der Waals surface area (Å²) in [7, 11) is 1.32. The normalized spacial score (nSPS) is 26.5. The van der Waals surface area contributed by atoms with Crippen molar-refractivity contribution in [1.82, 2.24) is 5.32 Å². The largest absolute Gasteiger partial charge is 0.469 e. The van der Waals surface area contributed by atoms with Crippen LogP contribution in [0.25, 0.3) is 0 Å². The van der Waals surface area contributed by atoms with Gasteiger partial charge in [-0.15, -0.1) is 0 Å². The topological polar surface area (TPSA) is 76.7 Å². The third-order valence-corrected chi connectivity index (χ3v) is 1.48. The molecule has 5 nitrogen and oxygen atoms in total. The Bertz CT molecular complexity index is 237. The summed E-state index contributed by atoms with van der Waals surface area (Å²) < 4.78 is 4.47. The molecule has 1 heterocycles. The number of hydrogen-bond acceptors (Lipinski definition) is 5. The predicted octanol–water partition coefficient (Wildman–Crippen LogP) is -0.650. The Balaban J connectivity index is 2.55. The molecule has 1 rings (SSSR count). The molecule has 1 atom stereocenters. The lowest BCUT2D eigenvalue weighted by Gasteiger charge is -2.25. The van der Waals surface area contributed by atoms with E-state index in [2.05, 4.69) is 15.0 Å². The monoisotopic (exact) mass is 169 g/mol. The Hall–Kier alpha value is -1.36. The summed E-state index contributed by atoms with van der Waals surface area (Å²) in [5.41, 5.74) is 4.82. The van der Waals surface area contributed by atoms with Gasteiger partial charge in [-0.05, 0) is 0 Å². The molecule has 0 aromatic carbocycles. The second kappa shape index (κ2) is 3.36. The minimum Gasteiger partial charge on any atom is -0.469 e. The van der Waals surface area contributed by atoms with Crippen molar-refractivity contribution < 1.29 is 9.53 Å². The van der Waals surface area contributed by atoms with Crippen molar-refractivity contribution in [3.8, 4) is 0 Å². The molecule has 1 aliphatic rings. The van der Waals surface area contributed by atoms with Gasteiger partial charge in [-0.1, -0.05) is 0 Å². The first-order valence-corrected chi connectivity index (χ1v) is 3.49. The minimum absolute atomic E-state index is 0.0668. The molecule has 0 fully saturated rings. The van der Waals surface area contributed by atoms with Gasteiger partial charge in [0.1, 0.15) is 5.66 Å². The van der Waals surface area contributed by atoms with E-state index < -0.39 is 5.66 Å². The third kappa shape index (κ3) is 2.06. The molecular weight excluding hydrogens is 158 g/mol. The summed E-state index contributed by atoms with van der Waals surface area (Å²) in [6, 6.07) is 0. The number of ether oxygens (including phenoxy) is 1. The number of carbonyl (C=O) groups excluding carboxylic acids is 1. The van der Waals surface area contributed by atoms with Gasteiger partial charge in [-0.3, -0.25) is 9.79 Å². The molecule has 0 spiro atoms.